The van der Waals surface area contributed by atoms with Crippen molar-refractivity contribution in [2.75, 3.05) is 0 Å². The molecule has 0 saturated carbocycles. The molecule has 4 aromatic rings. The number of pyridine rings is 1. The number of hydrogen-bond acceptors (Lipinski definition) is 8. The Balaban J connectivity index is 1.48. The predicted octanol–water partition coefficient (Wildman–Crippen LogP) is 3.28. The highest BCUT2D eigenvalue weighted by atomic mass is 32.2. The monoisotopic (exact) mass is 356 g/mol. The number of rotatable bonds is 5. The van der Waals surface area contributed by atoms with Gasteiger partial charge in [-0.3, -0.25) is 4.98 Å². The van der Waals surface area contributed by atoms with Crippen LogP contribution in [0.1, 0.15) is 5.89 Å². The highest BCUT2D eigenvalue weighted by molar-refractivity contribution is 7.98. The SMILES string of the molecule is Cn1c(SCc2nc(-c3cccs3)no2)nnc1-c1cccnc1. The molecule has 0 N–H and O–H groups in total. The molecule has 0 atom stereocenters. The molecule has 0 fully saturated rings. The first-order valence-corrected chi connectivity index (χ1v) is 8.97. The van der Waals surface area contributed by atoms with Gasteiger partial charge < -0.3 is 9.09 Å². The van der Waals surface area contributed by atoms with Crippen LogP contribution in [0.3, 0.4) is 0 Å². The largest absolute Gasteiger partial charge is 0.338 e. The van der Waals surface area contributed by atoms with E-state index in [2.05, 4.69) is 25.3 Å². The molecule has 120 valence electrons. The summed E-state index contributed by atoms with van der Waals surface area (Å²) in [7, 11) is 1.93. The first-order valence-electron chi connectivity index (χ1n) is 7.10. The molecule has 9 heteroatoms. The summed E-state index contributed by atoms with van der Waals surface area (Å²) < 4.78 is 7.23. The molecule has 0 radical (unpaired) electrons. The topological polar surface area (TPSA) is 82.5 Å². The summed E-state index contributed by atoms with van der Waals surface area (Å²) in [6, 6.07) is 7.76. The first-order chi connectivity index (χ1) is 11.8. The Kier molecular flexibility index (Phi) is 4.09. The molecule has 7 nitrogen and oxygen atoms in total. The third kappa shape index (κ3) is 2.95. The van der Waals surface area contributed by atoms with E-state index < -0.39 is 0 Å². The van der Waals surface area contributed by atoms with Crippen LogP contribution in [0.25, 0.3) is 22.1 Å². The number of nitrogens with zero attached hydrogens (tertiary/aromatic N) is 6. The highest BCUT2D eigenvalue weighted by Crippen LogP contribution is 2.26. The Morgan fingerprint density at radius 1 is 1.25 bits per heavy atom. The average Bonchev–Trinajstić information content (AvgIpc) is 3.35. The number of thioether (sulfide) groups is 1. The third-order valence-corrected chi connectivity index (χ3v) is 5.16. The Bertz CT molecular complexity index is 932. The van der Waals surface area contributed by atoms with E-state index in [1.54, 1.807) is 23.7 Å². The summed E-state index contributed by atoms with van der Waals surface area (Å²) in [5.41, 5.74) is 0.928. The molecule has 4 heterocycles. The fourth-order valence-electron chi connectivity index (χ4n) is 2.13. The van der Waals surface area contributed by atoms with Gasteiger partial charge in [0.05, 0.1) is 10.6 Å². The maximum Gasteiger partial charge on any atom is 0.237 e. The van der Waals surface area contributed by atoms with Gasteiger partial charge in [-0.25, -0.2) is 0 Å². The van der Waals surface area contributed by atoms with Crippen molar-refractivity contribution in [2.24, 2.45) is 7.05 Å². The van der Waals surface area contributed by atoms with Crippen molar-refractivity contribution in [3.05, 3.63) is 47.9 Å². The number of thiophene rings is 1. The van der Waals surface area contributed by atoms with Crippen molar-refractivity contribution in [1.29, 1.82) is 0 Å². The zero-order valence-corrected chi connectivity index (χ0v) is 14.3. The fraction of sp³-hybridized carbons (Fsp3) is 0.133. The van der Waals surface area contributed by atoms with Crippen molar-refractivity contribution in [3.63, 3.8) is 0 Å². The summed E-state index contributed by atoms with van der Waals surface area (Å²) in [6.07, 6.45) is 3.50. The summed E-state index contributed by atoms with van der Waals surface area (Å²) in [4.78, 5) is 9.51. The van der Waals surface area contributed by atoms with Gasteiger partial charge in [0.15, 0.2) is 11.0 Å². The molecule has 4 aromatic heterocycles. The minimum atomic E-state index is 0.539. The lowest BCUT2D eigenvalue weighted by Gasteiger charge is -2.02. The second-order valence-corrected chi connectivity index (χ2v) is 6.77. The zero-order valence-electron chi connectivity index (χ0n) is 12.7. The third-order valence-electron chi connectivity index (χ3n) is 3.29. The van der Waals surface area contributed by atoms with E-state index in [9.17, 15) is 0 Å². The molecule has 0 saturated heterocycles. The van der Waals surface area contributed by atoms with Crippen LogP contribution < -0.4 is 0 Å². The number of hydrogen-bond donors (Lipinski definition) is 0. The Labute approximate surface area is 145 Å². The van der Waals surface area contributed by atoms with Gasteiger partial charge >= 0.3 is 0 Å². The lowest BCUT2D eigenvalue weighted by atomic mass is 10.3. The summed E-state index contributed by atoms with van der Waals surface area (Å²) in [5.74, 6) is 2.50. The normalized spacial score (nSPS) is 11.0. The van der Waals surface area contributed by atoms with Crippen LogP contribution in [-0.4, -0.2) is 29.9 Å². The molecule has 4 rings (SSSR count). The molecular formula is C15H12N6OS2. The molecular weight excluding hydrogens is 344 g/mol. The van der Waals surface area contributed by atoms with E-state index in [-0.39, 0.29) is 0 Å². The molecule has 0 aliphatic heterocycles. The van der Waals surface area contributed by atoms with E-state index >= 15 is 0 Å². The van der Waals surface area contributed by atoms with Crippen molar-refractivity contribution in [1.82, 2.24) is 29.9 Å². The Morgan fingerprint density at radius 2 is 2.21 bits per heavy atom. The molecule has 0 unspecified atom stereocenters. The van der Waals surface area contributed by atoms with Gasteiger partial charge in [-0.2, -0.15) is 4.98 Å². The van der Waals surface area contributed by atoms with Crippen LogP contribution in [0.4, 0.5) is 0 Å². The van der Waals surface area contributed by atoms with Gasteiger partial charge in [0.1, 0.15) is 0 Å². The fourth-order valence-corrected chi connectivity index (χ4v) is 3.53. The van der Waals surface area contributed by atoms with Gasteiger partial charge in [0.25, 0.3) is 0 Å². The van der Waals surface area contributed by atoms with Crippen LogP contribution in [0, 0.1) is 0 Å². The van der Waals surface area contributed by atoms with Crippen molar-refractivity contribution in [3.8, 4) is 22.1 Å². The van der Waals surface area contributed by atoms with E-state index in [0.717, 1.165) is 21.4 Å². The standard InChI is InChI=1S/C15H12N6OS2/c1-21-14(10-4-2-6-16-8-10)18-19-15(21)24-9-12-17-13(20-22-12)11-5-3-7-23-11/h2-8H,9H2,1H3. The van der Waals surface area contributed by atoms with Crippen LogP contribution in [-0.2, 0) is 12.8 Å². The summed E-state index contributed by atoms with van der Waals surface area (Å²) >= 11 is 3.09. The Hall–Kier alpha value is -2.52. The van der Waals surface area contributed by atoms with E-state index in [1.807, 2.05) is 41.3 Å². The van der Waals surface area contributed by atoms with Crippen LogP contribution in [0.15, 0.2) is 51.7 Å². The summed E-state index contributed by atoms with van der Waals surface area (Å²) in [6.45, 7) is 0. The van der Waals surface area contributed by atoms with Gasteiger partial charge in [-0.15, -0.1) is 21.5 Å². The molecule has 0 aliphatic rings. The van der Waals surface area contributed by atoms with Crippen LogP contribution in [0.2, 0.25) is 0 Å². The predicted molar refractivity (Wildman–Crippen MR) is 91.4 cm³/mol. The maximum atomic E-state index is 5.30. The van der Waals surface area contributed by atoms with Gasteiger partial charge in [-0.05, 0) is 23.6 Å². The van der Waals surface area contributed by atoms with Crippen molar-refractivity contribution >= 4 is 23.1 Å². The minimum absolute atomic E-state index is 0.539. The quantitative estimate of drug-likeness (QED) is 0.507. The Morgan fingerprint density at radius 3 is 3.00 bits per heavy atom. The average molecular weight is 356 g/mol. The second kappa shape index (κ2) is 6.54. The van der Waals surface area contributed by atoms with Crippen molar-refractivity contribution in [2.45, 2.75) is 10.9 Å². The van der Waals surface area contributed by atoms with Gasteiger partial charge in [0, 0.05) is 25.0 Å². The smallest absolute Gasteiger partial charge is 0.237 e. The molecule has 0 aromatic carbocycles. The molecule has 0 amide bonds. The molecule has 0 aliphatic carbocycles. The molecule has 0 spiro atoms. The first kappa shape index (κ1) is 15.0. The minimum Gasteiger partial charge on any atom is -0.338 e. The number of aromatic nitrogens is 6. The second-order valence-electron chi connectivity index (χ2n) is 4.88. The van der Waals surface area contributed by atoms with Crippen molar-refractivity contribution < 1.29 is 4.52 Å². The van der Waals surface area contributed by atoms with E-state index in [0.29, 0.717) is 17.5 Å². The van der Waals surface area contributed by atoms with Crippen LogP contribution in [0.5, 0.6) is 0 Å². The van der Waals surface area contributed by atoms with E-state index in [4.69, 9.17) is 4.52 Å². The maximum absolute atomic E-state index is 5.30. The lowest BCUT2D eigenvalue weighted by Crippen LogP contribution is -1.95. The summed E-state index contributed by atoms with van der Waals surface area (Å²) in [5, 5.41) is 15.2. The molecule has 0 bridgehead atoms. The van der Waals surface area contributed by atoms with Gasteiger partial charge in [0.2, 0.25) is 11.7 Å². The van der Waals surface area contributed by atoms with Gasteiger partial charge in [-0.1, -0.05) is 23.0 Å². The van der Waals surface area contributed by atoms with Crippen LogP contribution >= 0.6 is 23.1 Å². The zero-order chi connectivity index (χ0) is 16.4. The lowest BCUT2D eigenvalue weighted by molar-refractivity contribution is 0.391. The van der Waals surface area contributed by atoms with E-state index in [1.165, 1.54) is 11.8 Å². The molecule has 24 heavy (non-hydrogen) atoms. The highest BCUT2D eigenvalue weighted by Gasteiger charge is 2.14.